The lowest BCUT2D eigenvalue weighted by Crippen LogP contribution is -2.43. The van der Waals surface area contributed by atoms with Gasteiger partial charge in [-0.25, -0.2) is 4.98 Å². The minimum absolute atomic E-state index is 0.150. The minimum atomic E-state index is -0.178. The number of likely N-dealkylation sites (tertiary alicyclic amines) is 1. The third-order valence-electron chi connectivity index (χ3n) is 3.53. The van der Waals surface area contributed by atoms with E-state index in [1.807, 2.05) is 4.90 Å². The van der Waals surface area contributed by atoms with Gasteiger partial charge in [-0.05, 0) is 38.4 Å². The van der Waals surface area contributed by atoms with Gasteiger partial charge in [0.15, 0.2) is 5.15 Å². The van der Waals surface area contributed by atoms with Crippen LogP contribution < -0.4 is 5.32 Å². The van der Waals surface area contributed by atoms with Gasteiger partial charge in [0.25, 0.3) is 0 Å². The van der Waals surface area contributed by atoms with Crippen LogP contribution in [0.4, 0.5) is 5.69 Å². The number of hydrogen-bond donors (Lipinski definition) is 1. The van der Waals surface area contributed by atoms with Crippen LogP contribution in [0.25, 0.3) is 0 Å². The average molecular weight is 326 g/mol. The molecule has 7 heteroatoms. The maximum Gasteiger partial charge on any atom is 0.310 e. The Morgan fingerprint density at radius 2 is 2.36 bits per heavy atom. The molecule has 1 aliphatic rings. The summed E-state index contributed by atoms with van der Waals surface area (Å²) in [4.78, 5) is 29.7. The van der Waals surface area contributed by atoms with Crippen molar-refractivity contribution in [2.24, 2.45) is 5.92 Å². The molecule has 0 bridgehead atoms. The summed E-state index contributed by atoms with van der Waals surface area (Å²) in [6, 6.07) is 3.41. The molecule has 1 saturated heterocycles. The summed E-state index contributed by atoms with van der Waals surface area (Å²) in [5, 5.41) is 3.00. The van der Waals surface area contributed by atoms with Gasteiger partial charge < -0.3 is 10.1 Å². The van der Waals surface area contributed by atoms with Crippen LogP contribution in [0.2, 0.25) is 5.15 Å². The number of pyridine rings is 1. The molecule has 1 fully saturated rings. The molecule has 0 unspecified atom stereocenters. The highest BCUT2D eigenvalue weighted by atomic mass is 35.5. The highest BCUT2D eigenvalue weighted by Gasteiger charge is 2.27. The third-order valence-corrected chi connectivity index (χ3v) is 3.83. The molecular weight excluding hydrogens is 306 g/mol. The van der Waals surface area contributed by atoms with Gasteiger partial charge in [0.05, 0.1) is 24.8 Å². The van der Waals surface area contributed by atoms with Gasteiger partial charge in [0.1, 0.15) is 0 Å². The fraction of sp³-hybridized carbons (Fsp3) is 0.533. The Kier molecular flexibility index (Phi) is 6.15. The lowest BCUT2D eigenvalue weighted by molar-refractivity contribution is -0.150. The molecule has 1 aliphatic heterocycles. The van der Waals surface area contributed by atoms with E-state index < -0.39 is 0 Å². The number of nitrogens with zero attached hydrogens (tertiary/aromatic N) is 2. The molecule has 22 heavy (non-hydrogen) atoms. The molecule has 1 amide bonds. The van der Waals surface area contributed by atoms with Crippen molar-refractivity contribution in [3.8, 4) is 0 Å². The topological polar surface area (TPSA) is 71.5 Å². The van der Waals surface area contributed by atoms with E-state index in [2.05, 4.69) is 10.3 Å². The first-order valence-corrected chi connectivity index (χ1v) is 7.77. The summed E-state index contributed by atoms with van der Waals surface area (Å²) in [7, 11) is 0. The van der Waals surface area contributed by atoms with Gasteiger partial charge in [0, 0.05) is 12.7 Å². The number of aromatic nitrogens is 1. The molecule has 6 nitrogen and oxygen atoms in total. The van der Waals surface area contributed by atoms with Crippen LogP contribution in [-0.4, -0.2) is 48.0 Å². The van der Waals surface area contributed by atoms with E-state index in [0.29, 0.717) is 18.8 Å². The van der Waals surface area contributed by atoms with Crippen LogP contribution in [0.15, 0.2) is 18.3 Å². The smallest absolute Gasteiger partial charge is 0.310 e. The Bertz CT molecular complexity index is 539. The van der Waals surface area contributed by atoms with Crippen molar-refractivity contribution < 1.29 is 14.3 Å². The van der Waals surface area contributed by atoms with Gasteiger partial charge in [-0.1, -0.05) is 11.6 Å². The Hall–Kier alpha value is -1.66. The largest absolute Gasteiger partial charge is 0.466 e. The van der Waals surface area contributed by atoms with E-state index in [-0.39, 0.29) is 29.5 Å². The summed E-state index contributed by atoms with van der Waals surface area (Å²) < 4.78 is 5.05. The van der Waals surface area contributed by atoms with Crippen molar-refractivity contribution in [1.82, 2.24) is 9.88 Å². The van der Waals surface area contributed by atoms with E-state index in [9.17, 15) is 9.59 Å². The van der Waals surface area contributed by atoms with E-state index in [1.54, 1.807) is 25.3 Å². The Morgan fingerprint density at radius 3 is 3.09 bits per heavy atom. The van der Waals surface area contributed by atoms with Crippen LogP contribution in [0.3, 0.4) is 0 Å². The fourth-order valence-electron chi connectivity index (χ4n) is 2.52. The van der Waals surface area contributed by atoms with Gasteiger partial charge in [-0.15, -0.1) is 0 Å². The number of esters is 1. The van der Waals surface area contributed by atoms with Crippen LogP contribution in [-0.2, 0) is 14.3 Å². The molecule has 2 rings (SSSR count). The number of carbonyl (C=O) groups is 2. The summed E-state index contributed by atoms with van der Waals surface area (Å²) in [5.74, 6) is -0.495. The lowest BCUT2D eigenvalue weighted by Gasteiger charge is -2.30. The third kappa shape index (κ3) is 4.68. The summed E-state index contributed by atoms with van der Waals surface area (Å²) in [6.07, 6.45) is 3.25. The Morgan fingerprint density at radius 1 is 1.55 bits per heavy atom. The van der Waals surface area contributed by atoms with Gasteiger partial charge in [-0.2, -0.15) is 0 Å². The standard InChI is InChI=1S/C15H20ClN3O3/c1-2-22-15(21)11-5-4-8-19(9-11)10-13(20)18-12-6-3-7-17-14(12)16/h3,6-7,11H,2,4-5,8-10H2,1H3,(H,18,20)/t11-/m0/s1. The highest BCUT2D eigenvalue weighted by Crippen LogP contribution is 2.19. The second kappa shape index (κ2) is 8.10. The first-order chi connectivity index (χ1) is 10.6. The molecule has 0 saturated carbocycles. The summed E-state index contributed by atoms with van der Waals surface area (Å²) >= 11 is 5.91. The molecule has 120 valence electrons. The Labute approximate surface area is 134 Å². The Balaban J connectivity index is 1.86. The highest BCUT2D eigenvalue weighted by molar-refractivity contribution is 6.32. The lowest BCUT2D eigenvalue weighted by atomic mass is 9.98. The van der Waals surface area contributed by atoms with Crippen molar-refractivity contribution >= 4 is 29.2 Å². The van der Waals surface area contributed by atoms with E-state index in [0.717, 1.165) is 19.4 Å². The number of anilines is 1. The normalized spacial score (nSPS) is 18.7. The van der Waals surface area contributed by atoms with Crippen molar-refractivity contribution in [3.63, 3.8) is 0 Å². The van der Waals surface area contributed by atoms with Crippen molar-refractivity contribution in [3.05, 3.63) is 23.5 Å². The number of halogens is 1. The number of nitrogens with one attached hydrogen (secondary N) is 1. The zero-order chi connectivity index (χ0) is 15.9. The van der Waals surface area contributed by atoms with E-state index >= 15 is 0 Å². The predicted molar refractivity (Wildman–Crippen MR) is 83.7 cm³/mol. The number of piperidine rings is 1. The molecule has 1 aromatic heterocycles. The number of carbonyl (C=O) groups excluding carboxylic acids is 2. The van der Waals surface area contributed by atoms with Crippen LogP contribution in [0.5, 0.6) is 0 Å². The van der Waals surface area contributed by atoms with Crippen molar-refractivity contribution in [1.29, 1.82) is 0 Å². The maximum absolute atomic E-state index is 12.1. The number of hydrogen-bond acceptors (Lipinski definition) is 5. The fourth-order valence-corrected chi connectivity index (χ4v) is 2.69. The molecule has 2 heterocycles. The van der Waals surface area contributed by atoms with Gasteiger partial charge >= 0.3 is 5.97 Å². The number of ether oxygens (including phenoxy) is 1. The molecule has 0 spiro atoms. The molecule has 0 aromatic carbocycles. The number of rotatable bonds is 5. The van der Waals surface area contributed by atoms with Crippen LogP contribution in [0, 0.1) is 5.92 Å². The van der Waals surface area contributed by atoms with Crippen molar-refractivity contribution in [2.75, 3.05) is 31.6 Å². The predicted octanol–water partition coefficient (Wildman–Crippen LogP) is 1.95. The van der Waals surface area contributed by atoms with Gasteiger partial charge in [0.2, 0.25) is 5.91 Å². The zero-order valence-electron chi connectivity index (χ0n) is 12.5. The van der Waals surface area contributed by atoms with E-state index in [4.69, 9.17) is 16.3 Å². The monoisotopic (exact) mass is 325 g/mol. The quantitative estimate of drug-likeness (QED) is 0.662. The molecule has 0 aliphatic carbocycles. The first-order valence-electron chi connectivity index (χ1n) is 7.39. The summed E-state index contributed by atoms with van der Waals surface area (Å²) in [6.45, 7) is 3.75. The van der Waals surface area contributed by atoms with E-state index in [1.165, 1.54) is 0 Å². The summed E-state index contributed by atoms with van der Waals surface area (Å²) in [5.41, 5.74) is 0.494. The average Bonchev–Trinajstić information content (AvgIpc) is 2.50. The second-order valence-electron chi connectivity index (χ2n) is 5.22. The van der Waals surface area contributed by atoms with Gasteiger partial charge in [-0.3, -0.25) is 14.5 Å². The minimum Gasteiger partial charge on any atom is -0.466 e. The zero-order valence-corrected chi connectivity index (χ0v) is 13.3. The second-order valence-corrected chi connectivity index (χ2v) is 5.57. The molecule has 1 atom stereocenters. The maximum atomic E-state index is 12.1. The molecular formula is C15H20ClN3O3. The van der Waals surface area contributed by atoms with Crippen LogP contribution >= 0.6 is 11.6 Å². The first kappa shape index (κ1) is 16.7. The molecule has 0 radical (unpaired) electrons. The van der Waals surface area contributed by atoms with Crippen molar-refractivity contribution in [2.45, 2.75) is 19.8 Å². The SMILES string of the molecule is CCOC(=O)[C@H]1CCCN(CC(=O)Nc2cccnc2Cl)C1. The molecule has 1 N–H and O–H groups in total. The molecule has 1 aromatic rings. The number of amides is 1. The van der Waals surface area contributed by atoms with Crippen LogP contribution in [0.1, 0.15) is 19.8 Å².